The highest BCUT2D eigenvalue weighted by Crippen LogP contribution is 2.37. The summed E-state index contributed by atoms with van der Waals surface area (Å²) in [5.74, 6) is -0.762. The molecule has 1 N–H and O–H groups in total. The van der Waals surface area contributed by atoms with Crippen molar-refractivity contribution < 1.29 is 23.9 Å². The van der Waals surface area contributed by atoms with Crippen molar-refractivity contribution in [3.8, 4) is 11.5 Å². The molecule has 1 heterocycles. The van der Waals surface area contributed by atoms with Gasteiger partial charge in [0.05, 0.1) is 22.3 Å². The average molecular weight is 492 g/mol. The molecule has 154 valence electrons. The van der Waals surface area contributed by atoms with Crippen LogP contribution in [0.2, 0.25) is 5.02 Å². The monoisotopic (exact) mass is 490 g/mol. The number of benzene rings is 2. The van der Waals surface area contributed by atoms with Crippen LogP contribution in [0, 0.1) is 0 Å². The Hall–Kier alpha value is -3.10. The molecule has 0 radical (unpaired) electrons. The lowest BCUT2D eigenvalue weighted by molar-refractivity contribution is -0.122. The Balaban J connectivity index is 2.03. The van der Waals surface area contributed by atoms with Crippen LogP contribution in [0.3, 0.4) is 0 Å². The van der Waals surface area contributed by atoms with Crippen LogP contribution >= 0.6 is 27.5 Å². The zero-order chi connectivity index (χ0) is 21.8. The summed E-state index contributed by atoms with van der Waals surface area (Å²) in [5, 5.41) is 2.36. The second kappa shape index (κ2) is 9.15. The molecule has 7 nitrogen and oxygen atoms in total. The number of ether oxygens (including phenoxy) is 2. The number of hydrogen-bond donors (Lipinski definition) is 1. The molecule has 30 heavy (non-hydrogen) atoms. The molecule has 4 amide bonds. The van der Waals surface area contributed by atoms with Gasteiger partial charge in [-0.25, -0.2) is 9.69 Å². The maximum atomic E-state index is 13.0. The number of anilines is 1. The second-order valence-electron chi connectivity index (χ2n) is 6.04. The Bertz CT molecular complexity index is 1080. The third kappa shape index (κ3) is 4.24. The minimum atomic E-state index is -0.873. The maximum absolute atomic E-state index is 13.0. The van der Waals surface area contributed by atoms with Gasteiger partial charge in [0.1, 0.15) is 12.2 Å². The molecular formula is C21H16BrClN2O5. The molecule has 1 saturated heterocycles. The van der Waals surface area contributed by atoms with E-state index in [0.717, 1.165) is 4.90 Å². The number of nitrogens with one attached hydrogen (secondary N) is 1. The molecule has 0 spiro atoms. The molecule has 2 aromatic carbocycles. The van der Waals surface area contributed by atoms with E-state index in [0.29, 0.717) is 21.5 Å². The van der Waals surface area contributed by atoms with E-state index in [2.05, 4.69) is 27.8 Å². The molecule has 1 fully saturated rings. The molecule has 0 saturated carbocycles. The Labute approximate surface area is 186 Å². The van der Waals surface area contributed by atoms with Crippen LogP contribution in [0.15, 0.2) is 59.1 Å². The van der Waals surface area contributed by atoms with Gasteiger partial charge in [-0.1, -0.05) is 36.4 Å². The average Bonchev–Trinajstić information content (AvgIpc) is 2.71. The highest BCUT2D eigenvalue weighted by molar-refractivity contribution is 9.10. The molecular weight excluding hydrogens is 476 g/mol. The van der Waals surface area contributed by atoms with Crippen molar-refractivity contribution in [3.05, 3.63) is 69.7 Å². The van der Waals surface area contributed by atoms with Gasteiger partial charge in [0.25, 0.3) is 11.8 Å². The number of carbonyl (C=O) groups is 3. The highest BCUT2D eigenvalue weighted by atomic mass is 79.9. The van der Waals surface area contributed by atoms with Crippen molar-refractivity contribution in [3.63, 3.8) is 0 Å². The number of halogens is 2. The summed E-state index contributed by atoms with van der Waals surface area (Å²) in [6.07, 6.45) is 2.95. The largest absolute Gasteiger partial charge is 0.493 e. The minimum absolute atomic E-state index is 0.173. The molecule has 9 heteroatoms. The first-order valence-corrected chi connectivity index (χ1v) is 9.81. The third-order valence-electron chi connectivity index (χ3n) is 4.10. The second-order valence-corrected chi connectivity index (χ2v) is 7.30. The number of hydrogen-bond acceptors (Lipinski definition) is 5. The fourth-order valence-electron chi connectivity index (χ4n) is 2.78. The Morgan fingerprint density at radius 3 is 2.63 bits per heavy atom. The number of amides is 4. The molecule has 0 aliphatic carbocycles. The summed E-state index contributed by atoms with van der Waals surface area (Å²) in [4.78, 5) is 38.5. The van der Waals surface area contributed by atoms with Gasteiger partial charge in [0.15, 0.2) is 11.5 Å². The standard InChI is InChI=1S/C21H16BrClN2O5/c1-3-8-30-18-14(22)10-12(11-17(18)29-2)9-13-19(26)24-21(28)25(20(13)27)16-7-5-4-6-15(16)23/h3-7,9-11H,1,8H2,2H3,(H,24,26,28)/b13-9+. The lowest BCUT2D eigenvalue weighted by atomic mass is 10.1. The fourth-order valence-corrected chi connectivity index (χ4v) is 3.58. The smallest absolute Gasteiger partial charge is 0.335 e. The van der Waals surface area contributed by atoms with Crippen molar-refractivity contribution in [2.75, 3.05) is 18.6 Å². The zero-order valence-electron chi connectivity index (χ0n) is 15.8. The number of nitrogens with zero attached hydrogens (tertiary/aromatic N) is 1. The molecule has 1 aliphatic rings. The first-order valence-electron chi connectivity index (χ1n) is 8.64. The number of barbiturate groups is 1. The van der Waals surface area contributed by atoms with Gasteiger partial charge >= 0.3 is 6.03 Å². The maximum Gasteiger partial charge on any atom is 0.335 e. The Kier molecular flexibility index (Phi) is 6.59. The Morgan fingerprint density at radius 2 is 1.97 bits per heavy atom. The number of carbonyl (C=O) groups excluding carboxylic acids is 3. The lowest BCUT2D eigenvalue weighted by Crippen LogP contribution is -2.54. The highest BCUT2D eigenvalue weighted by Gasteiger charge is 2.37. The van der Waals surface area contributed by atoms with E-state index in [1.807, 2.05) is 0 Å². The van der Waals surface area contributed by atoms with Gasteiger partial charge in [-0.15, -0.1) is 0 Å². The lowest BCUT2D eigenvalue weighted by Gasteiger charge is -2.27. The first kappa shape index (κ1) is 21.6. The molecule has 0 bridgehead atoms. The van der Waals surface area contributed by atoms with Gasteiger partial charge in [-0.05, 0) is 51.8 Å². The number of para-hydroxylation sites is 1. The van der Waals surface area contributed by atoms with E-state index in [1.54, 1.807) is 36.4 Å². The molecule has 0 unspecified atom stereocenters. The molecule has 1 aliphatic heterocycles. The summed E-state index contributed by atoms with van der Waals surface area (Å²) >= 11 is 9.53. The number of urea groups is 1. The third-order valence-corrected chi connectivity index (χ3v) is 5.01. The van der Waals surface area contributed by atoms with Crippen LogP contribution in [-0.4, -0.2) is 31.6 Å². The topological polar surface area (TPSA) is 84.9 Å². The SMILES string of the molecule is C=CCOc1c(Br)cc(/C=C2\C(=O)NC(=O)N(c3ccccc3Cl)C2=O)cc1OC. The summed E-state index contributed by atoms with van der Waals surface area (Å²) in [7, 11) is 1.47. The van der Waals surface area contributed by atoms with Crippen LogP contribution in [0.25, 0.3) is 6.08 Å². The first-order chi connectivity index (χ1) is 14.4. The van der Waals surface area contributed by atoms with Gasteiger partial charge in [-0.2, -0.15) is 0 Å². The quantitative estimate of drug-likeness (QED) is 0.369. The summed E-state index contributed by atoms with van der Waals surface area (Å²) in [5.41, 5.74) is 0.423. The zero-order valence-corrected chi connectivity index (χ0v) is 18.1. The van der Waals surface area contributed by atoms with E-state index < -0.39 is 17.8 Å². The summed E-state index contributed by atoms with van der Waals surface area (Å²) in [6.45, 7) is 3.87. The molecule has 3 rings (SSSR count). The summed E-state index contributed by atoms with van der Waals surface area (Å²) < 4.78 is 11.5. The summed E-state index contributed by atoms with van der Waals surface area (Å²) in [6, 6.07) is 8.74. The predicted molar refractivity (Wildman–Crippen MR) is 117 cm³/mol. The van der Waals surface area contributed by atoms with Crippen LogP contribution < -0.4 is 19.7 Å². The van der Waals surface area contributed by atoms with E-state index in [-0.39, 0.29) is 22.9 Å². The van der Waals surface area contributed by atoms with E-state index in [1.165, 1.54) is 19.3 Å². The van der Waals surface area contributed by atoms with Gasteiger partial charge in [0, 0.05) is 0 Å². The van der Waals surface area contributed by atoms with Crippen molar-refractivity contribution in [2.45, 2.75) is 0 Å². The van der Waals surface area contributed by atoms with Crippen LogP contribution in [0.1, 0.15) is 5.56 Å². The van der Waals surface area contributed by atoms with E-state index in [9.17, 15) is 14.4 Å². The minimum Gasteiger partial charge on any atom is -0.493 e. The van der Waals surface area contributed by atoms with E-state index in [4.69, 9.17) is 21.1 Å². The number of imide groups is 2. The molecule has 0 aromatic heterocycles. The van der Waals surface area contributed by atoms with Crippen molar-refractivity contribution in [2.24, 2.45) is 0 Å². The van der Waals surface area contributed by atoms with Crippen LogP contribution in [0.5, 0.6) is 11.5 Å². The van der Waals surface area contributed by atoms with Gasteiger partial charge in [0.2, 0.25) is 0 Å². The van der Waals surface area contributed by atoms with Gasteiger partial charge < -0.3 is 9.47 Å². The fraction of sp³-hybridized carbons (Fsp3) is 0.0952. The normalized spacial score (nSPS) is 15.2. The number of rotatable bonds is 6. The van der Waals surface area contributed by atoms with Gasteiger partial charge in [-0.3, -0.25) is 14.9 Å². The Morgan fingerprint density at radius 1 is 1.23 bits per heavy atom. The van der Waals surface area contributed by atoms with Crippen molar-refractivity contribution in [1.29, 1.82) is 0 Å². The van der Waals surface area contributed by atoms with Crippen LogP contribution in [0.4, 0.5) is 10.5 Å². The molecule has 2 aromatic rings. The molecule has 0 atom stereocenters. The predicted octanol–water partition coefficient (Wildman–Crippen LogP) is 4.34. The van der Waals surface area contributed by atoms with Crippen molar-refractivity contribution in [1.82, 2.24) is 5.32 Å². The van der Waals surface area contributed by atoms with Crippen LogP contribution in [-0.2, 0) is 9.59 Å². The number of methoxy groups -OCH3 is 1. The van der Waals surface area contributed by atoms with E-state index >= 15 is 0 Å². The van der Waals surface area contributed by atoms with Crippen molar-refractivity contribution >= 4 is 57.1 Å².